The average molecular weight is 339 g/mol. The molecule has 1 amide bonds. The number of fused-ring (bicyclic) bond motifs is 1. The number of aryl methyl sites for hydroxylation is 2. The SMILES string of the molecule is COc1ccccc1CCn1cnc2cccc(NC(=O)O)c2c1=O. The molecule has 0 aliphatic heterocycles. The van der Waals surface area contributed by atoms with Gasteiger partial charge in [0.25, 0.3) is 5.56 Å². The van der Waals surface area contributed by atoms with Crippen molar-refractivity contribution in [3.05, 3.63) is 64.7 Å². The number of amides is 1. The summed E-state index contributed by atoms with van der Waals surface area (Å²) in [5.41, 5.74) is 1.37. The van der Waals surface area contributed by atoms with Gasteiger partial charge < -0.3 is 9.84 Å². The normalized spacial score (nSPS) is 10.6. The third-order valence-electron chi connectivity index (χ3n) is 3.91. The molecule has 7 nitrogen and oxygen atoms in total. The van der Waals surface area contributed by atoms with Crippen LogP contribution in [-0.2, 0) is 13.0 Å². The quantitative estimate of drug-likeness (QED) is 0.745. The van der Waals surface area contributed by atoms with Crippen LogP contribution >= 0.6 is 0 Å². The third kappa shape index (κ3) is 3.45. The van der Waals surface area contributed by atoms with E-state index < -0.39 is 6.09 Å². The van der Waals surface area contributed by atoms with Crippen LogP contribution < -0.4 is 15.6 Å². The Morgan fingerprint density at radius 1 is 1.24 bits per heavy atom. The van der Waals surface area contributed by atoms with E-state index in [0.717, 1.165) is 11.3 Å². The molecule has 0 fully saturated rings. The summed E-state index contributed by atoms with van der Waals surface area (Å²) >= 11 is 0. The Morgan fingerprint density at radius 2 is 2.04 bits per heavy atom. The minimum atomic E-state index is -1.23. The van der Waals surface area contributed by atoms with Crippen LogP contribution in [0.25, 0.3) is 10.9 Å². The summed E-state index contributed by atoms with van der Waals surface area (Å²) < 4.78 is 6.79. The Morgan fingerprint density at radius 3 is 2.80 bits per heavy atom. The maximum absolute atomic E-state index is 12.8. The number of carboxylic acid groups (broad SMARTS) is 1. The van der Waals surface area contributed by atoms with E-state index in [1.54, 1.807) is 25.3 Å². The summed E-state index contributed by atoms with van der Waals surface area (Å²) in [6.07, 6.45) is 0.840. The Bertz CT molecular complexity index is 981. The van der Waals surface area contributed by atoms with Gasteiger partial charge in [-0.15, -0.1) is 0 Å². The molecule has 0 atom stereocenters. The second-order valence-corrected chi connectivity index (χ2v) is 5.43. The minimum Gasteiger partial charge on any atom is -0.496 e. The molecule has 0 radical (unpaired) electrons. The van der Waals surface area contributed by atoms with Crippen molar-refractivity contribution in [2.45, 2.75) is 13.0 Å². The molecule has 25 heavy (non-hydrogen) atoms. The summed E-state index contributed by atoms with van der Waals surface area (Å²) in [5, 5.41) is 11.5. The van der Waals surface area contributed by atoms with Gasteiger partial charge in [-0.05, 0) is 30.2 Å². The molecule has 0 bridgehead atoms. The van der Waals surface area contributed by atoms with Crippen LogP contribution in [0, 0.1) is 0 Å². The summed E-state index contributed by atoms with van der Waals surface area (Å²) in [6.45, 7) is 0.406. The van der Waals surface area contributed by atoms with Crippen LogP contribution in [-0.4, -0.2) is 27.9 Å². The van der Waals surface area contributed by atoms with Crippen molar-refractivity contribution < 1.29 is 14.6 Å². The van der Waals surface area contributed by atoms with Gasteiger partial charge in [-0.3, -0.25) is 14.7 Å². The highest BCUT2D eigenvalue weighted by atomic mass is 16.5. The molecule has 1 aromatic heterocycles. The molecule has 0 saturated heterocycles. The van der Waals surface area contributed by atoms with Crippen LogP contribution in [0.5, 0.6) is 5.75 Å². The lowest BCUT2D eigenvalue weighted by Crippen LogP contribution is -2.23. The van der Waals surface area contributed by atoms with E-state index in [9.17, 15) is 9.59 Å². The Balaban J connectivity index is 1.96. The van der Waals surface area contributed by atoms with Crippen LogP contribution in [0.4, 0.5) is 10.5 Å². The van der Waals surface area contributed by atoms with Crippen molar-refractivity contribution in [1.82, 2.24) is 9.55 Å². The van der Waals surface area contributed by atoms with E-state index >= 15 is 0 Å². The molecular weight excluding hydrogens is 322 g/mol. The molecule has 2 aromatic carbocycles. The Kier molecular flexibility index (Phi) is 4.65. The van der Waals surface area contributed by atoms with E-state index in [4.69, 9.17) is 9.84 Å². The highest BCUT2D eigenvalue weighted by Gasteiger charge is 2.11. The number of methoxy groups -OCH3 is 1. The monoisotopic (exact) mass is 339 g/mol. The van der Waals surface area contributed by atoms with Gasteiger partial charge in [0, 0.05) is 6.54 Å². The highest BCUT2D eigenvalue weighted by molar-refractivity contribution is 5.97. The predicted octanol–water partition coefficient (Wildman–Crippen LogP) is 2.74. The average Bonchev–Trinajstić information content (AvgIpc) is 2.61. The molecule has 128 valence electrons. The number of hydrogen-bond donors (Lipinski definition) is 2. The summed E-state index contributed by atoms with van der Waals surface area (Å²) in [6, 6.07) is 12.5. The van der Waals surface area contributed by atoms with E-state index in [2.05, 4.69) is 10.3 Å². The number of aromatic nitrogens is 2. The molecule has 3 rings (SSSR count). The zero-order chi connectivity index (χ0) is 17.8. The first-order chi connectivity index (χ1) is 12.1. The summed E-state index contributed by atoms with van der Waals surface area (Å²) in [4.78, 5) is 28.0. The van der Waals surface area contributed by atoms with Crippen molar-refractivity contribution in [3.8, 4) is 5.75 Å². The van der Waals surface area contributed by atoms with E-state index in [1.165, 1.54) is 10.9 Å². The number of carbonyl (C=O) groups is 1. The maximum Gasteiger partial charge on any atom is 0.409 e. The molecule has 0 aliphatic carbocycles. The highest BCUT2D eigenvalue weighted by Crippen LogP contribution is 2.20. The molecule has 0 aliphatic rings. The van der Waals surface area contributed by atoms with Gasteiger partial charge in [-0.1, -0.05) is 24.3 Å². The lowest BCUT2D eigenvalue weighted by Gasteiger charge is -2.11. The summed E-state index contributed by atoms with van der Waals surface area (Å²) in [7, 11) is 1.60. The second-order valence-electron chi connectivity index (χ2n) is 5.43. The Hall–Kier alpha value is -3.35. The molecule has 3 aromatic rings. The number of hydrogen-bond acceptors (Lipinski definition) is 4. The van der Waals surface area contributed by atoms with E-state index in [1.807, 2.05) is 24.3 Å². The van der Waals surface area contributed by atoms with Crippen molar-refractivity contribution >= 4 is 22.7 Å². The van der Waals surface area contributed by atoms with Gasteiger partial charge >= 0.3 is 6.09 Å². The molecular formula is C18H17N3O4. The summed E-state index contributed by atoms with van der Waals surface area (Å²) in [5.74, 6) is 0.762. The van der Waals surface area contributed by atoms with Crippen LogP contribution in [0.15, 0.2) is 53.6 Å². The van der Waals surface area contributed by atoms with E-state index in [0.29, 0.717) is 18.5 Å². The standard InChI is InChI=1S/C18H17N3O4/c1-25-15-8-3-2-5-12(15)9-10-21-11-19-13-6-4-7-14(20-18(23)24)16(13)17(21)22/h2-8,11,20H,9-10H2,1H3,(H,23,24). The first kappa shape index (κ1) is 16.5. The minimum absolute atomic E-state index is 0.231. The lowest BCUT2D eigenvalue weighted by molar-refractivity contribution is 0.210. The number of benzene rings is 2. The lowest BCUT2D eigenvalue weighted by atomic mass is 10.1. The van der Waals surface area contributed by atoms with Gasteiger partial charge in [0.2, 0.25) is 0 Å². The molecule has 7 heteroatoms. The largest absolute Gasteiger partial charge is 0.496 e. The fraction of sp³-hybridized carbons (Fsp3) is 0.167. The Labute approximate surface area is 143 Å². The number of ether oxygens (including phenoxy) is 1. The van der Waals surface area contributed by atoms with Crippen LogP contribution in [0.3, 0.4) is 0 Å². The van der Waals surface area contributed by atoms with Crippen LogP contribution in [0.2, 0.25) is 0 Å². The fourth-order valence-electron chi connectivity index (χ4n) is 2.73. The zero-order valence-corrected chi connectivity index (χ0v) is 13.6. The van der Waals surface area contributed by atoms with Crippen molar-refractivity contribution in [2.75, 3.05) is 12.4 Å². The fourth-order valence-corrected chi connectivity index (χ4v) is 2.73. The number of nitrogens with zero attached hydrogens (tertiary/aromatic N) is 2. The molecule has 0 spiro atoms. The van der Waals surface area contributed by atoms with Gasteiger partial charge in [-0.25, -0.2) is 9.78 Å². The van der Waals surface area contributed by atoms with Crippen LogP contribution in [0.1, 0.15) is 5.56 Å². The smallest absolute Gasteiger partial charge is 0.409 e. The van der Waals surface area contributed by atoms with Gasteiger partial charge in [0.15, 0.2) is 0 Å². The third-order valence-corrected chi connectivity index (χ3v) is 3.91. The first-order valence-corrected chi connectivity index (χ1v) is 7.70. The van der Waals surface area contributed by atoms with E-state index in [-0.39, 0.29) is 16.6 Å². The molecule has 2 N–H and O–H groups in total. The van der Waals surface area contributed by atoms with Gasteiger partial charge in [0.1, 0.15) is 5.75 Å². The number of rotatable bonds is 5. The van der Waals surface area contributed by atoms with Crippen molar-refractivity contribution in [1.29, 1.82) is 0 Å². The van der Waals surface area contributed by atoms with Crippen molar-refractivity contribution in [3.63, 3.8) is 0 Å². The van der Waals surface area contributed by atoms with Gasteiger partial charge in [0.05, 0.1) is 30.0 Å². The predicted molar refractivity (Wildman–Crippen MR) is 94.3 cm³/mol. The zero-order valence-electron chi connectivity index (χ0n) is 13.6. The number of para-hydroxylation sites is 1. The van der Waals surface area contributed by atoms with Gasteiger partial charge in [-0.2, -0.15) is 0 Å². The number of anilines is 1. The first-order valence-electron chi connectivity index (χ1n) is 7.70. The maximum atomic E-state index is 12.8. The topological polar surface area (TPSA) is 93.4 Å². The second kappa shape index (κ2) is 7.04. The molecule has 1 heterocycles. The van der Waals surface area contributed by atoms with Crippen molar-refractivity contribution in [2.24, 2.45) is 0 Å². The molecule has 0 unspecified atom stereocenters. The number of nitrogens with one attached hydrogen (secondary N) is 1. The molecule has 0 saturated carbocycles.